The second kappa shape index (κ2) is 7.23. The molecule has 1 saturated carbocycles. The number of rotatable bonds is 5. The van der Waals surface area contributed by atoms with Gasteiger partial charge in [-0.1, -0.05) is 19.9 Å². The topological polar surface area (TPSA) is 97.1 Å². The van der Waals surface area contributed by atoms with Crippen molar-refractivity contribution in [2.45, 2.75) is 45.1 Å². The largest absolute Gasteiger partial charge is 0.481 e. The molecule has 1 heterocycles. The minimum Gasteiger partial charge on any atom is -0.481 e. The molecule has 0 spiro atoms. The van der Waals surface area contributed by atoms with E-state index in [1.54, 1.807) is 12.1 Å². The molecule has 2 N–H and O–H groups in total. The predicted molar refractivity (Wildman–Crippen MR) is 91.6 cm³/mol. The Balaban J connectivity index is 1.81. The van der Waals surface area contributed by atoms with Gasteiger partial charge in [-0.15, -0.1) is 5.10 Å². The number of carbonyl (C=O) groups is 2. The van der Waals surface area contributed by atoms with Crippen molar-refractivity contribution < 1.29 is 19.1 Å². The second-order valence-corrected chi connectivity index (χ2v) is 6.86. The Morgan fingerprint density at radius 1 is 1.35 bits per heavy atom. The maximum Gasteiger partial charge on any atom is 0.306 e. The molecule has 26 heavy (non-hydrogen) atoms. The lowest BCUT2D eigenvalue weighted by molar-refractivity contribution is -0.141. The average Bonchev–Trinajstić information content (AvgIpc) is 3.21. The van der Waals surface area contributed by atoms with Crippen molar-refractivity contribution in [2.75, 3.05) is 0 Å². The van der Waals surface area contributed by atoms with Crippen LogP contribution in [0.1, 0.15) is 55.5 Å². The molecule has 8 heteroatoms. The highest BCUT2D eigenvalue weighted by Crippen LogP contribution is 2.26. The van der Waals surface area contributed by atoms with Gasteiger partial charge in [0.25, 0.3) is 5.91 Å². The van der Waals surface area contributed by atoms with Gasteiger partial charge in [-0.3, -0.25) is 9.59 Å². The van der Waals surface area contributed by atoms with E-state index in [2.05, 4.69) is 15.4 Å². The number of carboxylic acid groups (broad SMARTS) is 1. The van der Waals surface area contributed by atoms with Crippen LogP contribution in [0.3, 0.4) is 0 Å². The molecular formula is C18H21FN4O3. The SMILES string of the molecule is CC(C)c1nc(C(=O)N[C@H]2CC[C@@H](C(=O)O)C2)nn1-c1cccc(F)c1. The molecule has 1 fully saturated rings. The molecule has 2 aromatic rings. The molecule has 2 atom stereocenters. The summed E-state index contributed by atoms with van der Waals surface area (Å²) < 4.78 is 15.0. The van der Waals surface area contributed by atoms with Crippen LogP contribution in [0.25, 0.3) is 5.69 Å². The van der Waals surface area contributed by atoms with Gasteiger partial charge in [0.15, 0.2) is 0 Å². The Labute approximate surface area is 150 Å². The lowest BCUT2D eigenvalue weighted by Gasteiger charge is -2.10. The number of aliphatic carboxylic acids is 1. The molecule has 1 aliphatic rings. The molecule has 0 aliphatic heterocycles. The van der Waals surface area contributed by atoms with E-state index in [4.69, 9.17) is 5.11 Å². The number of halogens is 1. The third kappa shape index (κ3) is 3.74. The fourth-order valence-electron chi connectivity index (χ4n) is 3.18. The molecule has 1 aliphatic carbocycles. The highest BCUT2D eigenvalue weighted by molar-refractivity contribution is 5.90. The number of hydrogen-bond donors (Lipinski definition) is 2. The van der Waals surface area contributed by atoms with Gasteiger partial charge in [0.1, 0.15) is 11.6 Å². The Kier molecular flexibility index (Phi) is 5.01. The first kappa shape index (κ1) is 18.0. The van der Waals surface area contributed by atoms with Crippen molar-refractivity contribution in [1.29, 1.82) is 0 Å². The van der Waals surface area contributed by atoms with Crippen molar-refractivity contribution in [3.63, 3.8) is 0 Å². The average molecular weight is 360 g/mol. The monoisotopic (exact) mass is 360 g/mol. The summed E-state index contributed by atoms with van der Waals surface area (Å²) in [5, 5.41) is 16.1. The van der Waals surface area contributed by atoms with Gasteiger partial charge in [0, 0.05) is 12.0 Å². The van der Waals surface area contributed by atoms with E-state index in [0.29, 0.717) is 30.8 Å². The fourth-order valence-corrected chi connectivity index (χ4v) is 3.18. The highest BCUT2D eigenvalue weighted by atomic mass is 19.1. The third-order valence-corrected chi connectivity index (χ3v) is 4.52. The van der Waals surface area contributed by atoms with Gasteiger partial charge < -0.3 is 10.4 Å². The van der Waals surface area contributed by atoms with Crippen LogP contribution >= 0.6 is 0 Å². The lowest BCUT2D eigenvalue weighted by Crippen LogP contribution is -2.34. The van der Waals surface area contributed by atoms with Crippen molar-refractivity contribution in [3.05, 3.63) is 41.7 Å². The number of hydrogen-bond acceptors (Lipinski definition) is 4. The van der Waals surface area contributed by atoms with E-state index in [9.17, 15) is 14.0 Å². The summed E-state index contributed by atoms with van der Waals surface area (Å²) in [5.74, 6) is -1.58. The van der Waals surface area contributed by atoms with E-state index in [1.165, 1.54) is 16.8 Å². The number of nitrogens with one attached hydrogen (secondary N) is 1. The molecule has 0 bridgehead atoms. The minimum absolute atomic E-state index is 0.00302. The van der Waals surface area contributed by atoms with Crippen LogP contribution in [0.4, 0.5) is 4.39 Å². The van der Waals surface area contributed by atoms with Crippen molar-refractivity contribution >= 4 is 11.9 Å². The summed E-state index contributed by atoms with van der Waals surface area (Å²) in [6, 6.07) is 5.73. The van der Waals surface area contributed by atoms with E-state index >= 15 is 0 Å². The molecule has 0 unspecified atom stereocenters. The molecule has 7 nitrogen and oxygen atoms in total. The van der Waals surface area contributed by atoms with Crippen molar-refractivity contribution in [2.24, 2.45) is 5.92 Å². The van der Waals surface area contributed by atoms with Gasteiger partial charge in [-0.25, -0.2) is 14.1 Å². The minimum atomic E-state index is -0.836. The lowest BCUT2D eigenvalue weighted by atomic mass is 10.1. The van der Waals surface area contributed by atoms with Crippen LogP contribution in [-0.4, -0.2) is 37.8 Å². The van der Waals surface area contributed by atoms with E-state index in [0.717, 1.165) is 0 Å². The van der Waals surface area contributed by atoms with Crippen molar-refractivity contribution in [1.82, 2.24) is 20.1 Å². The molecule has 0 radical (unpaired) electrons. The molecule has 1 aromatic heterocycles. The Morgan fingerprint density at radius 3 is 2.73 bits per heavy atom. The number of amides is 1. The van der Waals surface area contributed by atoms with E-state index < -0.39 is 23.6 Å². The molecule has 3 rings (SSSR count). The summed E-state index contributed by atoms with van der Waals surface area (Å²) in [5.41, 5.74) is 0.493. The predicted octanol–water partition coefficient (Wildman–Crippen LogP) is 2.51. The summed E-state index contributed by atoms with van der Waals surface area (Å²) in [6.07, 6.45) is 1.57. The highest BCUT2D eigenvalue weighted by Gasteiger charge is 2.31. The quantitative estimate of drug-likeness (QED) is 0.854. The van der Waals surface area contributed by atoms with Gasteiger partial charge in [-0.2, -0.15) is 0 Å². The van der Waals surface area contributed by atoms with Gasteiger partial charge in [0.2, 0.25) is 5.82 Å². The number of carbonyl (C=O) groups excluding carboxylic acids is 1. The smallest absolute Gasteiger partial charge is 0.306 e. The van der Waals surface area contributed by atoms with Crippen LogP contribution in [0.5, 0.6) is 0 Å². The number of aromatic nitrogens is 3. The number of benzene rings is 1. The summed E-state index contributed by atoms with van der Waals surface area (Å²) in [4.78, 5) is 27.8. The molecule has 0 saturated heterocycles. The van der Waals surface area contributed by atoms with E-state index in [1.807, 2.05) is 13.8 Å². The molecular weight excluding hydrogens is 339 g/mol. The zero-order chi connectivity index (χ0) is 18.8. The molecule has 138 valence electrons. The van der Waals surface area contributed by atoms with Crippen LogP contribution in [0, 0.1) is 11.7 Å². The number of nitrogens with zero attached hydrogens (tertiary/aromatic N) is 3. The summed E-state index contributed by atoms with van der Waals surface area (Å²) in [7, 11) is 0. The first-order valence-corrected chi connectivity index (χ1v) is 8.61. The number of carboxylic acids is 1. The zero-order valence-corrected chi connectivity index (χ0v) is 14.6. The fraction of sp³-hybridized carbons (Fsp3) is 0.444. The maximum atomic E-state index is 13.5. The summed E-state index contributed by atoms with van der Waals surface area (Å²) in [6.45, 7) is 3.83. The van der Waals surface area contributed by atoms with Gasteiger partial charge >= 0.3 is 5.97 Å². The van der Waals surface area contributed by atoms with Gasteiger partial charge in [-0.05, 0) is 37.5 Å². The first-order valence-electron chi connectivity index (χ1n) is 8.61. The van der Waals surface area contributed by atoms with Crippen LogP contribution < -0.4 is 5.32 Å². The van der Waals surface area contributed by atoms with Crippen LogP contribution in [0.15, 0.2) is 24.3 Å². The Hall–Kier alpha value is -2.77. The third-order valence-electron chi connectivity index (χ3n) is 4.52. The van der Waals surface area contributed by atoms with Crippen molar-refractivity contribution in [3.8, 4) is 5.69 Å². The normalized spacial score (nSPS) is 19.7. The van der Waals surface area contributed by atoms with Crippen LogP contribution in [-0.2, 0) is 4.79 Å². The molecule has 1 amide bonds. The summed E-state index contributed by atoms with van der Waals surface area (Å²) >= 11 is 0. The van der Waals surface area contributed by atoms with Crippen LogP contribution in [0.2, 0.25) is 0 Å². The molecule has 1 aromatic carbocycles. The Morgan fingerprint density at radius 2 is 2.12 bits per heavy atom. The maximum absolute atomic E-state index is 13.5. The Bertz CT molecular complexity index is 834. The zero-order valence-electron chi connectivity index (χ0n) is 14.6. The first-order chi connectivity index (χ1) is 12.3. The second-order valence-electron chi connectivity index (χ2n) is 6.86. The van der Waals surface area contributed by atoms with Gasteiger partial charge in [0.05, 0.1) is 11.6 Å². The van der Waals surface area contributed by atoms with E-state index in [-0.39, 0.29) is 17.8 Å². The standard InChI is InChI=1S/C18H21FN4O3/c1-10(2)16-21-15(22-23(16)14-5-3-4-12(19)9-14)17(24)20-13-7-6-11(8-13)18(25)26/h3-5,9-11,13H,6-8H2,1-2H3,(H,20,24)(H,25,26)/t11-,13+/m1/s1.